The molecule has 0 unspecified atom stereocenters. The van der Waals surface area contributed by atoms with Crippen molar-refractivity contribution in [3.8, 4) is 35.5 Å². The highest BCUT2D eigenvalue weighted by molar-refractivity contribution is 7.86. The van der Waals surface area contributed by atoms with Crippen molar-refractivity contribution in [3.63, 3.8) is 0 Å². The van der Waals surface area contributed by atoms with E-state index in [0.29, 0.717) is 12.8 Å². The van der Waals surface area contributed by atoms with Gasteiger partial charge in [0, 0.05) is 6.42 Å². The SMILES string of the molecule is CCC#CCC#CCC#CCOS(=O)(=O)c1ccccc1. The van der Waals surface area contributed by atoms with E-state index in [4.69, 9.17) is 4.18 Å². The van der Waals surface area contributed by atoms with E-state index in [1.165, 1.54) is 12.1 Å². The molecule has 1 aromatic carbocycles. The van der Waals surface area contributed by atoms with Crippen molar-refractivity contribution in [1.29, 1.82) is 0 Å². The van der Waals surface area contributed by atoms with Crippen molar-refractivity contribution in [3.05, 3.63) is 30.3 Å². The summed E-state index contributed by atoms with van der Waals surface area (Å²) in [6, 6.07) is 7.97. The summed E-state index contributed by atoms with van der Waals surface area (Å²) in [5.41, 5.74) is 0. The summed E-state index contributed by atoms with van der Waals surface area (Å²) in [6.07, 6.45) is 1.74. The second kappa shape index (κ2) is 9.67. The summed E-state index contributed by atoms with van der Waals surface area (Å²) < 4.78 is 28.3. The standard InChI is InChI=1S/C17H16O3S/c1-2-3-4-5-6-7-8-9-13-16-20-21(18,19)17-14-11-10-12-15-17/h10-12,14-15H,2,5,8,16H2,1H3. The summed E-state index contributed by atoms with van der Waals surface area (Å²) in [5, 5.41) is 0. The van der Waals surface area contributed by atoms with Gasteiger partial charge in [-0.15, -0.1) is 5.92 Å². The van der Waals surface area contributed by atoms with Gasteiger partial charge in [-0.2, -0.15) is 8.42 Å². The molecule has 0 atom stereocenters. The Morgan fingerprint density at radius 3 is 2.10 bits per heavy atom. The lowest BCUT2D eigenvalue weighted by molar-refractivity contribution is 0.363. The molecule has 0 aromatic heterocycles. The van der Waals surface area contributed by atoms with Crippen LogP contribution in [0.2, 0.25) is 0 Å². The Labute approximate surface area is 126 Å². The van der Waals surface area contributed by atoms with Gasteiger partial charge in [-0.25, -0.2) is 0 Å². The molecule has 0 N–H and O–H groups in total. The highest BCUT2D eigenvalue weighted by Gasteiger charge is 2.12. The van der Waals surface area contributed by atoms with E-state index in [0.717, 1.165) is 6.42 Å². The first-order valence-electron chi connectivity index (χ1n) is 6.48. The van der Waals surface area contributed by atoms with Crippen LogP contribution in [0.5, 0.6) is 0 Å². The van der Waals surface area contributed by atoms with Crippen LogP contribution in [0.25, 0.3) is 0 Å². The van der Waals surface area contributed by atoms with Gasteiger partial charge >= 0.3 is 0 Å². The Hall–Kier alpha value is -2.19. The topological polar surface area (TPSA) is 43.4 Å². The second-order valence-corrected chi connectivity index (χ2v) is 5.41. The molecule has 0 aliphatic carbocycles. The molecule has 0 saturated heterocycles. The normalized spacial score (nSPS) is 9.38. The van der Waals surface area contributed by atoms with Gasteiger partial charge in [0.15, 0.2) is 0 Å². The first-order valence-corrected chi connectivity index (χ1v) is 7.89. The predicted molar refractivity (Wildman–Crippen MR) is 82.4 cm³/mol. The quantitative estimate of drug-likeness (QED) is 0.636. The maximum atomic E-state index is 11.7. The van der Waals surface area contributed by atoms with Crippen LogP contribution >= 0.6 is 0 Å². The zero-order chi connectivity index (χ0) is 15.4. The minimum Gasteiger partial charge on any atom is -0.253 e. The van der Waals surface area contributed by atoms with Gasteiger partial charge < -0.3 is 0 Å². The summed E-state index contributed by atoms with van der Waals surface area (Å²) in [6.45, 7) is 1.81. The van der Waals surface area contributed by atoms with Gasteiger partial charge in [-0.1, -0.05) is 54.7 Å². The van der Waals surface area contributed by atoms with Crippen molar-refractivity contribution in [2.75, 3.05) is 6.61 Å². The van der Waals surface area contributed by atoms with Gasteiger partial charge in [-0.3, -0.25) is 4.18 Å². The summed E-state index contributed by atoms with van der Waals surface area (Å²) in [7, 11) is -3.72. The Bertz CT molecular complexity index is 715. The van der Waals surface area contributed by atoms with Gasteiger partial charge in [0.25, 0.3) is 10.1 Å². The van der Waals surface area contributed by atoms with E-state index in [2.05, 4.69) is 35.5 Å². The molecule has 0 aliphatic heterocycles. The minimum absolute atomic E-state index is 0.126. The molecule has 21 heavy (non-hydrogen) atoms. The zero-order valence-electron chi connectivity index (χ0n) is 11.8. The van der Waals surface area contributed by atoms with E-state index in [1.807, 2.05) is 6.92 Å². The molecule has 0 fully saturated rings. The maximum Gasteiger partial charge on any atom is 0.297 e. The molecule has 0 radical (unpaired) electrons. The van der Waals surface area contributed by atoms with E-state index in [9.17, 15) is 8.42 Å². The van der Waals surface area contributed by atoms with Crippen molar-refractivity contribution in [2.45, 2.75) is 31.1 Å². The van der Waals surface area contributed by atoms with Crippen molar-refractivity contribution in [2.24, 2.45) is 0 Å². The molecule has 0 spiro atoms. The van der Waals surface area contributed by atoms with Gasteiger partial charge in [0.1, 0.15) is 6.61 Å². The summed E-state index contributed by atoms with van der Waals surface area (Å²) in [4.78, 5) is 0.126. The maximum absolute atomic E-state index is 11.7. The average molecular weight is 300 g/mol. The monoisotopic (exact) mass is 300 g/mol. The van der Waals surface area contributed by atoms with E-state index in [1.54, 1.807) is 18.2 Å². The molecule has 0 amide bonds. The molecule has 3 nitrogen and oxygen atoms in total. The number of hydrogen-bond acceptors (Lipinski definition) is 3. The third-order valence-corrected chi connectivity index (χ3v) is 3.50. The molecule has 0 bridgehead atoms. The van der Waals surface area contributed by atoms with Crippen LogP contribution in [0, 0.1) is 35.5 Å². The highest BCUT2D eigenvalue weighted by Crippen LogP contribution is 2.10. The van der Waals surface area contributed by atoms with Crippen molar-refractivity contribution in [1.82, 2.24) is 0 Å². The first-order chi connectivity index (χ1) is 10.2. The van der Waals surface area contributed by atoms with Crippen LogP contribution in [-0.2, 0) is 14.3 Å². The Balaban J connectivity index is 2.36. The smallest absolute Gasteiger partial charge is 0.253 e. The molecular weight excluding hydrogens is 284 g/mol. The molecule has 4 heteroatoms. The highest BCUT2D eigenvalue weighted by atomic mass is 32.2. The van der Waals surface area contributed by atoms with Crippen LogP contribution < -0.4 is 0 Å². The van der Waals surface area contributed by atoms with Crippen molar-refractivity contribution < 1.29 is 12.6 Å². The van der Waals surface area contributed by atoms with E-state index in [-0.39, 0.29) is 11.5 Å². The molecule has 0 aliphatic rings. The Morgan fingerprint density at radius 2 is 1.48 bits per heavy atom. The van der Waals surface area contributed by atoms with Crippen LogP contribution in [0.15, 0.2) is 35.2 Å². The van der Waals surface area contributed by atoms with Crippen LogP contribution in [-0.4, -0.2) is 15.0 Å². The number of hydrogen-bond donors (Lipinski definition) is 0. The molecule has 0 heterocycles. The van der Waals surface area contributed by atoms with Gasteiger partial charge in [0.2, 0.25) is 0 Å². The number of rotatable bonds is 3. The molecule has 1 rings (SSSR count). The third-order valence-electron chi connectivity index (χ3n) is 2.22. The Kier molecular flexibility index (Phi) is 7.77. The largest absolute Gasteiger partial charge is 0.297 e. The van der Waals surface area contributed by atoms with Crippen LogP contribution in [0.3, 0.4) is 0 Å². The van der Waals surface area contributed by atoms with Gasteiger partial charge in [0.05, 0.1) is 17.7 Å². The van der Waals surface area contributed by atoms with Crippen LogP contribution in [0.1, 0.15) is 26.2 Å². The second-order valence-electron chi connectivity index (χ2n) is 3.80. The van der Waals surface area contributed by atoms with Crippen LogP contribution in [0.4, 0.5) is 0 Å². The minimum atomic E-state index is -3.72. The fraction of sp³-hybridized carbons (Fsp3) is 0.294. The molecule has 1 aromatic rings. The third kappa shape index (κ3) is 7.23. The predicted octanol–water partition coefficient (Wildman–Crippen LogP) is 2.59. The average Bonchev–Trinajstić information content (AvgIpc) is 2.50. The van der Waals surface area contributed by atoms with Gasteiger partial charge in [-0.05, 0) is 12.1 Å². The Morgan fingerprint density at radius 1 is 0.905 bits per heavy atom. The molecule has 0 saturated carbocycles. The molecule has 108 valence electrons. The lowest BCUT2D eigenvalue weighted by atomic mass is 10.3. The first kappa shape index (κ1) is 16.9. The molecular formula is C17H16O3S. The lowest BCUT2D eigenvalue weighted by Gasteiger charge is -2.01. The fourth-order valence-electron chi connectivity index (χ4n) is 1.28. The summed E-state index contributed by atoms with van der Waals surface area (Å²) in [5.74, 6) is 16.9. The summed E-state index contributed by atoms with van der Waals surface area (Å²) >= 11 is 0. The lowest BCUT2D eigenvalue weighted by Crippen LogP contribution is -2.06. The van der Waals surface area contributed by atoms with Crippen molar-refractivity contribution >= 4 is 10.1 Å². The van der Waals surface area contributed by atoms with E-state index >= 15 is 0 Å². The number of benzene rings is 1. The van der Waals surface area contributed by atoms with E-state index < -0.39 is 10.1 Å². The fourth-order valence-corrected chi connectivity index (χ4v) is 2.12. The zero-order valence-corrected chi connectivity index (χ0v) is 12.7.